The Morgan fingerprint density at radius 2 is 1.94 bits per heavy atom. The van der Waals surface area contributed by atoms with Crippen molar-refractivity contribution in [3.8, 4) is 0 Å². The lowest BCUT2D eigenvalue weighted by atomic mass is 10.2. The summed E-state index contributed by atoms with van der Waals surface area (Å²) in [6.07, 6.45) is 0. The topological polar surface area (TPSA) is 121 Å². The van der Waals surface area contributed by atoms with Crippen LogP contribution in [-0.2, 0) is 19.7 Å². The molecular weight excluding hydrogens is 262 g/mol. The van der Waals surface area contributed by atoms with Gasteiger partial charge >= 0.3 is 5.97 Å². The smallest absolute Gasteiger partial charge is 0.333 e. The van der Waals surface area contributed by atoms with Gasteiger partial charge in [-0.05, 0) is 25.1 Å². The Bertz CT molecular complexity index is 566. The normalized spacial score (nSPS) is 12.8. The summed E-state index contributed by atoms with van der Waals surface area (Å²) in [7, 11) is -4.37. The van der Waals surface area contributed by atoms with E-state index in [0.29, 0.717) is 0 Å². The molecule has 7 nitrogen and oxygen atoms in total. The molecule has 98 valence electrons. The zero-order chi connectivity index (χ0) is 13.9. The van der Waals surface area contributed by atoms with Crippen molar-refractivity contribution in [2.45, 2.75) is 17.9 Å². The lowest BCUT2D eigenvalue weighted by Gasteiger charge is -2.13. The van der Waals surface area contributed by atoms with E-state index >= 15 is 0 Å². The van der Waals surface area contributed by atoms with Crippen LogP contribution < -0.4 is 5.32 Å². The van der Waals surface area contributed by atoms with Gasteiger partial charge in [0.25, 0.3) is 10.1 Å². The second-order valence-corrected chi connectivity index (χ2v) is 4.95. The van der Waals surface area contributed by atoms with Gasteiger partial charge in [-0.25, -0.2) is 4.79 Å². The average molecular weight is 273 g/mol. The zero-order valence-corrected chi connectivity index (χ0v) is 10.1. The maximum absolute atomic E-state index is 11.1. The molecule has 0 amide bonds. The fourth-order valence-electron chi connectivity index (χ4n) is 1.25. The number of hydrogen-bond acceptors (Lipinski definition) is 5. The summed E-state index contributed by atoms with van der Waals surface area (Å²) >= 11 is 0. The van der Waals surface area contributed by atoms with E-state index in [1.165, 1.54) is 12.1 Å². The van der Waals surface area contributed by atoms with Gasteiger partial charge < -0.3 is 10.4 Å². The van der Waals surface area contributed by atoms with Gasteiger partial charge in [-0.1, -0.05) is 6.07 Å². The summed E-state index contributed by atoms with van der Waals surface area (Å²) in [5.74, 6) is -2.00. The van der Waals surface area contributed by atoms with Crippen molar-refractivity contribution in [1.29, 1.82) is 0 Å². The van der Waals surface area contributed by atoms with Crippen LogP contribution >= 0.6 is 0 Å². The van der Waals surface area contributed by atoms with Crippen LogP contribution in [0.1, 0.15) is 6.92 Å². The Morgan fingerprint density at radius 1 is 1.33 bits per heavy atom. The maximum atomic E-state index is 11.1. The molecule has 8 heteroatoms. The second-order valence-electron chi connectivity index (χ2n) is 3.53. The first kappa shape index (κ1) is 14.1. The molecule has 0 aliphatic carbocycles. The summed E-state index contributed by atoms with van der Waals surface area (Å²) in [5.41, 5.74) is 0.104. The van der Waals surface area contributed by atoms with Gasteiger partial charge in [0.1, 0.15) is 0 Å². The Morgan fingerprint density at radius 3 is 2.39 bits per heavy atom. The Kier molecular flexibility index (Phi) is 4.04. The average Bonchev–Trinajstić information content (AvgIpc) is 2.24. The van der Waals surface area contributed by atoms with E-state index in [0.717, 1.165) is 19.1 Å². The van der Waals surface area contributed by atoms with Gasteiger partial charge in [-0.2, -0.15) is 8.42 Å². The minimum atomic E-state index is -4.37. The molecule has 0 bridgehead atoms. The van der Waals surface area contributed by atoms with E-state index in [-0.39, 0.29) is 10.6 Å². The van der Waals surface area contributed by atoms with Gasteiger partial charge in [0.15, 0.2) is 11.8 Å². The number of anilines is 1. The fourth-order valence-corrected chi connectivity index (χ4v) is 1.78. The van der Waals surface area contributed by atoms with Crippen molar-refractivity contribution in [2.75, 3.05) is 5.32 Å². The number of hydrogen-bond donors (Lipinski definition) is 3. The molecule has 1 aromatic carbocycles. The molecule has 1 unspecified atom stereocenters. The molecule has 0 aliphatic rings. The summed E-state index contributed by atoms with van der Waals surface area (Å²) < 4.78 is 30.6. The van der Waals surface area contributed by atoms with Crippen LogP contribution in [0.3, 0.4) is 0 Å². The number of aliphatic carboxylic acids is 1. The summed E-state index contributed by atoms with van der Waals surface area (Å²) in [4.78, 5) is 21.4. The minimum Gasteiger partial charge on any atom is -0.479 e. The molecule has 0 heterocycles. The first-order valence-electron chi connectivity index (χ1n) is 4.79. The molecule has 18 heavy (non-hydrogen) atoms. The molecular formula is C10H11NO6S. The quantitative estimate of drug-likeness (QED) is 0.524. The van der Waals surface area contributed by atoms with Crippen LogP contribution in [0.4, 0.5) is 5.69 Å². The number of ketones is 1. The first-order chi connectivity index (χ1) is 8.21. The lowest BCUT2D eigenvalue weighted by Crippen LogP contribution is -2.35. The molecule has 3 N–H and O–H groups in total. The number of Topliss-reactive ketones (excluding diaryl/α,β-unsaturated/α-hetero) is 1. The van der Waals surface area contributed by atoms with Gasteiger partial charge in [0.05, 0.1) is 4.90 Å². The summed E-state index contributed by atoms with van der Waals surface area (Å²) in [6.45, 7) is 1.10. The van der Waals surface area contributed by atoms with Crippen LogP contribution in [0.25, 0.3) is 0 Å². The number of carboxylic acid groups (broad SMARTS) is 1. The highest BCUT2D eigenvalue weighted by atomic mass is 32.2. The van der Waals surface area contributed by atoms with Crippen molar-refractivity contribution in [1.82, 2.24) is 0 Å². The number of rotatable bonds is 5. The van der Waals surface area contributed by atoms with Gasteiger partial charge in [-0.15, -0.1) is 0 Å². The Hall–Kier alpha value is -1.93. The molecule has 0 spiro atoms. The van der Waals surface area contributed by atoms with Crippen molar-refractivity contribution in [3.63, 3.8) is 0 Å². The SMILES string of the molecule is CC(=O)C(Nc1cccc(S(=O)(=O)O)c1)C(=O)O. The van der Waals surface area contributed by atoms with Crippen molar-refractivity contribution >= 4 is 27.6 Å². The minimum absolute atomic E-state index is 0.104. The standard InChI is InChI=1S/C10H11NO6S/c1-6(12)9(10(13)14)11-7-3-2-4-8(5-7)18(15,16)17/h2-5,9,11H,1H3,(H,13,14)(H,15,16,17). The van der Waals surface area contributed by atoms with E-state index < -0.39 is 27.9 Å². The third-order valence-electron chi connectivity index (χ3n) is 2.10. The van der Waals surface area contributed by atoms with Crippen LogP contribution in [0.15, 0.2) is 29.2 Å². The second kappa shape index (κ2) is 5.15. The molecule has 0 saturated heterocycles. The van der Waals surface area contributed by atoms with E-state index in [1.54, 1.807) is 0 Å². The number of carbonyl (C=O) groups is 2. The largest absolute Gasteiger partial charge is 0.479 e. The third-order valence-corrected chi connectivity index (χ3v) is 2.95. The van der Waals surface area contributed by atoms with Crippen molar-refractivity contribution < 1.29 is 27.7 Å². The first-order valence-corrected chi connectivity index (χ1v) is 6.23. The molecule has 1 rings (SSSR count). The van der Waals surface area contributed by atoms with Crippen molar-refractivity contribution in [2.24, 2.45) is 0 Å². The molecule has 0 aromatic heterocycles. The number of benzene rings is 1. The van der Waals surface area contributed by atoms with Crippen LogP contribution in [0, 0.1) is 0 Å². The number of carbonyl (C=O) groups excluding carboxylic acids is 1. The van der Waals surface area contributed by atoms with Gasteiger partial charge in [0.2, 0.25) is 0 Å². The zero-order valence-electron chi connectivity index (χ0n) is 9.32. The molecule has 0 fully saturated rings. The predicted molar refractivity (Wildman–Crippen MR) is 62.0 cm³/mol. The third kappa shape index (κ3) is 3.54. The van der Waals surface area contributed by atoms with E-state index in [4.69, 9.17) is 9.66 Å². The van der Waals surface area contributed by atoms with Gasteiger partial charge in [0, 0.05) is 5.69 Å². The van der Waals surface area contributed by atoms with Gasteiger partial charge in [-0.3, -0.25) is 9.35 Å². The van der Waals surface area contributed by atoms with Crippen LogP contribution in [0.5, 0.6) is 0 Å². The molecule has 0 radical (unpaired) electrons. The highest BCUT2D eigenvalue weighted by molar-refractivity contribution is 7.85. The monoisotopic (exact) mass is 273 g/mol. The molecule has 1 aromatic rings. The van der Waals surface area contributed by atoms with Crippen molar-refractivity contribution in [3.05, 3.63) is 24.3 Å². The predicted octanol–water partition coefficient (Wildman–Crippen LogP) is 0.387. The van der Waals surface area contributed by atoms with Crippen LogP contribution in [0.2, 0.25) is 0 Å². The lowest BCUT2D eigenvalue weighted by molar-refractivity contribution is -0.140. The summed E-state index contributed by atoms with van der Waals surface area (Å²) in [5, 5.41) is 11.1. The van der Waals surface area contributed by atoms with Crippen LogP contribution in [-0.4, -0.2) is 35.9 Å². The maximum Gasteiger partial charge on any atom is 0.333 e. The number of carboxylic acids is 1. The Labute approximate surface area is 103 Å². The fraction of sp³-hybridized carbons (Fsp3) is 0.200. The van der Waals surface area contributed by atoms with E-state index in [1.807, 2.05) is 0 Å². The highest BCUT2D eigenvalue weighted by Gasteiger charge is 2.22. The number of nitrogens with one attached hydrogen (secondary N) is 1. The van der Waals surface area contributed by atoms with E-state index in [2.05, 4.69) is 5.32 Å². The summed E-state index contributed by atoms with van der Waals surface area (Å²) in [6, 6.07) is 3.40. The molecule has 0 aliphatic heterocycles. The molecule has 1 atom stereocenters. The Balaban J connectivity index is 3.05. The highest BCUT2D eigenvalue weighted by Crippen LogP contribution is 2.16. The van der Waals surface area contributed by atoms with E-state index in [9.17, 15) is 18.0 Å². The molecule has 0 saturated carbocycles.